The second-order valence-corrected chi connectivity index (χ2v) is 6.92. The van der Waals surface area contributed by atoms with Crippen molar-refractivity contribution in [1.82, 2.24) is 5.32 Å². The van der Waals surface area contributed by atoms with Crippen molar-refractivity contribution < 1.29 is 9.53 Å². The van der Waals surface area contributed by atoms with Crippen LogP contribution in [0.1, 0.15) is 61.4 Å². The number of benzene rings is 1. The van der Waals surface area contributed by atoms with Crippen LogP contribution in [-0.2, 0) is 11.3 Å². The van der Waals surface area contributed by atoms with E-state index in [1.807, 2.05) is 6.07 Å². The summed E-state index contributed by atoms with van der Waals surface area (Å²) in [7, 11) is 1.39. The smallest absolute Gasteiger partial charge is 0.337 e. The van der Waals surface area contributed by atoms with Crippen LogP contribution in [0.2, 0.25) is 0 Å². The number of carbonyl (C=O) groups excluding carboxylic acids is 1. The molecular formula is C17H25BrN2O2. The van der Waals surface area contributed by atoms with Gasteiger partial charge in [0.2, 0.25) is 0 Å². The average molecular weight is 369 g/mol. The van der Waals surface area contributed by atoms with Crippen LogP contribution in [0.25, 0.3) is 0 Å². The van der Waals surface area contributed by atoms with Crippen molar-refractivity contribution in [2.75, 3.05) is 12.8 Å². The quantitative estimate of drug-likeness (QED) is 0.608. The summed E-state index contributed by atoms with van der Waals surface area (Å²) in [5.41, 5.74) is 8.50. The van der Waals surface area contributed by atoms with Gasteiger partial charge in [-0.15, -0.1) is 0 Å². The van der Waals surface area contributed by atoms with Crippen molar-refractivity contribution in [3.8, 4) is 0 Å². The molecule has 0 amide bonds. The molecule has 0 spiro atoms. The van der Waals surface area contributed by atoms with Crippen LogP contribution in [-0.4, -0.2) is 18.6 Å². The maximum absolute atomic E-state index is 11.8. The molecule has 0 aromatic heterocycles. The average Bonchev–Trinajstić information content (AvgIpc) is 2.56. The van der Waals surface area contributed by atoms with Crippen molar-refractivity contribution in [3.05, 3.63) is 27.7 Å². The summed E-state index contributed by atoms with van der Waals surface area (Å²) in [6.45, 7) is 2.91. The molecule has 1 saturated carbocycles. The standard InChI is InChI=1S/C17H25BrN2O2/c1-3-17(7-5-4-6-8-17)20-11-13-9-12(16(21)22-2)10-14(18)15(13)19/h9-10,20H,3-8,11,19H2,1-2H3. The van der Waals surface area contributed by atoms with Crippen molar-refractivity contribution in [2.45, 2.75) is 57.5 Å². The van der Waals surface area contributed by atoms with Crippen LogP contribution in [0.3, 0.4) is 0 Å². The molecule has 22 heavy (non-hydrogen) atoms. The minimum absolute atomic E-state index is 0.207. The number of nitrogens with one attached hydrogen (secondary N) is 1. The largest absolute Gasteiger partial charge is 0.465 e. The number of esters is 1. The number of anilines is 1. The third kappa shape index (κ3) is 3.82. The first-order chi connectivity index (χ1) is 10.5. The maximum Gasteiger partial charge on any atom is 0.337 e. The van der Waals surface area contributed by atoms with Crippen LogP contribution in [0, 0.1) is 0 Å². The first-order valence-electron chi connectivity index (χ1n) is 7.92. The lowest BCUT2D eigenvalue weighted by atomic mass is 9.79. The summed E-state index contributed by atoms with van der Waals surface area (Å²) < 4.78 is 5.54. The number of carbonyl (C=O) groups is 1. The summed E-state index contributed by atoms with van der Waals surface area (Å²) in [6, 6.07) is 3.53. The highest BCUT2D eigenvalue weighted by atomic mass is 79.9. The Labute approximate surface area is 140 Å². The van der Waals surface area contributed by atoms with Gasteiger partial charge in [-0.1, -0.05) is 26.2 Å². The van der Waals surface area contributed by atoms with Gasteiger partial charge in [-0.05, 0) is 52.9 Å². The monoisotopic (exact) mass is 368 g/mol. The number of methoxy groups -OCH3 is 1. The highest BCUT2D eigenvalue weighted by Crippen LogP contribution is 2.32. The molecule has 0 heterocycles. The zero-order chi connectivity index (χ0) is 16.2. The van der Waals surface area contributed by atoms with Gasteiger partial charge in [0.25, 0.3) is 0 Å². The molecule has 0 radical (unpaired) electrons. The molecule has 0 bridgehead atoms. The van der Waals surface area contributed by atoms with Gasteiger partial charge in [-0.2, -0.15) is 0 Å². The molecule has 1 aromatic rings. The van der Waals surface area contributed by atoms with Crippen LogP contribution in [0.5, 0.6) is 0 Å². The van der Waals surface area contributed by atoms with Crippen molar-refractivity contribution in [2.24, 2.45) is 0 Å². The Morgan fingerprint density at radius 1 is 1.36 bits per heavy atom. The summed E-state index contributed by atoms with van der Waals surface area (Å²) in [4.78, 5) is 11.8. The Morgan fingerprint density at radius 2 is 2.05 bits per heavy atom. The van der Waals surface area contributed by atoms with Crippen LogP contribution in [0.4, 0.5) is 5.69 Å². The van der Waals surface area contributed by atoms with Crippen molar-refractivity contribution in [3.63, 3.8) is 0 Å². The van der Waals surface area contributed by atoms with E-state index in [2.05, 4.69) is 28.2 Å². The van der Waals surface area contributed by atoms with Gasteiger partial charge in [-0.3, -0.25) is 0 Å². The number of rotatable bonds is 5. The lowest BCUT2D eigenvalue weighted by Gasteiger charge is -2.38. The molecule has 122 valence electrons. The highest BCUT2D eigenvalue weighted by Gasteiger charge is 2.29. The molecule has 3 N–H and O–H groups in total. The van der Waals surface area contributed by atoms with Gasteiger partial charge in [-0.25, -0.2) is 4.79 Å². The van der Waals surface area contributed by atoms with Crippen molar-refractivity contribution in [1.29, 1.82) is 0 Å². The fraction of sp³-hybridized carbons (Fsp3) is 0.588. The van der Waals surface area contributed by atoms with E-state index in [4.69, 9.17) is 10.5 Å². The van der Waals surface area contributed by atoms with E-state index in [9.17, 15) is 4.79 Å². The van der Waals surface area contributed by atoms with E-state index in [0.717, 1.165) is 16.5 Å². The molecule has 0 unspecified atom stereocenters. The summed E-state index contributed by atoms with van der Waals surface area (Å²) >= 11 is 3.43. The SMILES string of the molecule is CCC1(NCc2cc(C(=O)OC)cc(Br)c2N)CCCCC1. The minimum Gasteiger partial charge on any atom is -0.465 e. The lowest BCUT2D eigenvalue weighted by molar-refractivity contribution is 0.0600. The summed E-state index contributed by atoms with van der Waals surface area (Å²) in [6.07, 6.45) is 7.42. The third-order valence-electron chi connectivity index (χ3n) is 4.78. The van der Waals surface area contributed by atoms with Crippen molar-refractivity contribution >= 4 is 27.6 Å². The number of ether oxygens (including phenoxy) is 1. The van der Waals surface area contributed by atoms with Gasteiger partial charge in [0, 0.05) is 16.6 Å². The molecule has 4 nitrogen and oxygen atoms in total. The predicted molar refractivity (Wildman–Crippen MR) is 92.8 cm³/mol. The Hall–Kier alpha value is -1.07. The fourth-order valence-electron chi connectivity index (χ4n) is 3.22. The van der Waals surface area contributed by atoms with E-state index >= 15 is 0 Å². The van der Waals surface area contributed by atoms with Gasteiger partial charge in [0.05, 0.1) is 18.4 Å². The van der Waals surface area contributed by atoms with Gasteiger partial charge in [0.15, 0.2) is 0 Å². The molecule has 1 aromatic carbocycles. The normalized spacial score (nSPS) is 17.2. The topological polar surface area (TPSA) is 64.3 Å². The number of nitrogens with two attached hydrogens (primary N) is 1. The number of hydrogen-bond donors (Lipinski definition) is 2. The zero-order valence-electron chi connectivity index (χ0n) is 13.4. The second kappa shape index (κ2) is 7.47. The Kier molecular flexibility index (Phi) is 5.87. The molecule has 0 atom stereocenters. The Morgan fingerprint density at radius 3 is 2.64 bits per heavy atom. The molecule has 0 aliphatic heterocycles. The Balaban J connectivity index is 2.17. The van der Waals surface area contributed by atoms with Crippen LogP contribution in [0.15, 0.2) is 16.6 Å². The summed E-state index contributed by atoms with van der Waals surface area (Å²) in [5, 5.41) is 3.70. The van der Waals surface area contributed by atoms with E-state index < -0.39 is 0 Å². The minimum atomic E-state index is -0.343. The molecule has 0 saturated heterocycles. The zero-order valence-corrected chi connectivity index (χ0v) is 15.0. The molecule has 5 heteroatoms. The third-order valence-corrected chi connectivity index (χ3v) is 5.43. The number of halogens is 1. The van der Waals surface area contributed by atoms with Gasteiger partial charge >= 0.3 is 5.97 Å². The van der Waals surface area contributed by atoms with E-state index in [1.165, 1.54) is 39.2 Å². The summed E-state index contributed by atoms with van der Waals surface area (Å²) in [5.74, 6) is -0.343. The van der Waals surface area contributed by atoms with Crippen LogP contribution >= 0.6 is 15.9 Å². The molecular weight excluding hydrogens is 344 g/mol. The molecule has 1 aliphatic carbocycles. The van der Waals surface area contributed by atoms with Gasteiger partial charge < -0.3 is 15.8 Å². The second-order valence-electron chi connectivity index (χ2n) is 6.07. The van der Waals surface area contributed by atoms with Crippen LogP contribution < -0.4 is 11.1 Å². The Bertz CT molecular complexity index is 540. The van der Waals surface area contributed by atoms with E-state index in [0.29, 0.717) is 17.8 Å². The highest BCUT2D eigenvalue weighted by molar-refractivity contribution is 9.10. The van der Waals surface area contributed by atoms with Gasteiger partial charge in [0.1, 0.15) is 0 Å². The lowest BCUT2D eigenvalue weighted by Crippen LogP contribution is -2.45. The first-order valence-corrected chi connectivity index (χ1v) is 8.72. The van der Waals surface area contributed by atoms with E-state index in [1.54, 1.807) is 6.07 Å². The molecule has 1 fully saturated rings. The molecule has 2 rings (SSSR count). The number of hydrogen-bond acceptors (Lipinski definition) is 4. The first kappa shape index (κ1) is 17.3. The van der Waals surface area contributed by atoms with E-state index in [-0.39, 0.29) is 11.5 Å². The fourth-order valence-corrected chi connectivity index (χ4v) is 3.72. The maximum atomic E-state index is 11.8. The predicted octanol–water partition coefficient (Wildman–Crippen LogP) is 4.02. The number of nitrogen functional groups attached to an aromatic ring is 1. The molecule has 1 aliphatic rings.